The first kappa shape index (κ1) is 16.7. The Hall–Kier alpha value is -1.36. The Bertz CT molecular complexity index is 338. The first-order valence-electron chi connectivity index (χ1n) is 7.35. The highest BCUT2D eigenvalue weighted by Gasteiger charge is 2.23. The van der Waals surface area contributed by atoms with Crippen molar-refractivity contribution in [1.82, 2.24) is 9.80 Å². The van der Waals surface area contributed by atoms with Crippen molar-refractivity contribution in [3.63, 3.8) is 0 Å². The van der Waals surface area contributed by atoms with Crippen LogP contribution in [0.25, 0.3) is 0 Å². The van der Waals surface area contributed by atoms with Crippen LogP contribution < -0.4 is 0 Å². The second-order valence-electron chi connectivity index (χ2n) is 5.46. The number of carboxylic acids is 1. The van der Waals surface area contributed by atoms with E-state index in [1.807, 2.05) is 16.8 Å². The molecule has 0 heterocycles. The molecule has 0 saturated heterocycles. The van der Waals surface area contributed by atoms with Crippen LogP contribution in [0, 0.1) is 0 Å². The molecule has 5 nitrogen and oxygen atoms in total. The fourth-order valence-corrected chi connectivity index (χ4v) is 2.65. The van der Waals surface area contributed by atoms with Gasteiger partial charge >= 0.3 is 5.97 Å². The fraction of sp³-hybridized carbons (Fsp3) is 0.733. The maximum absolute atomic E-state index is 12.3. The van der Waals surface area contributed by atoms with Crippen molar-refractivity contribution in [3.05, 3.63) is 12.7 Å². The van der Waals surface area contributed by atoms with E-state index in [0.717, 1.165) is 12.8 Å². The predicted molar refractivity (Wildman–Crippen MR) is 78.5 cm³/mol. The Labute approximate surface area is 121 Å². The third kappa shape index (κ3) is 5.74. The maximum atomic E-state index is 12.3. The van der Waals surface area contributed by atoms with Gasteiger partial charge in [0.2, 0.25) is 5.91 Å². The summed E-state index contributed by atoms with van der Waals surface area (Å²) in [5.74, 6) is -0.767. The minimum atomic E-state index is -0.841. The summed E-state index contributed by atoms with van der Waals surface area (Å²) in [6.07, 6.45) is 7.57. The van der Waals surface area contributed by atoms with Crippen LogP contribution in [-0.2, 0) is 9.59 Å². The van der Waals surface area contributed by atoms with Gasteiger partial charge in [-0.25, -0.2) is 0 Å². The zero-order valence-electron chi connectivity index (χ0n) is 12.4. The van der Waals surface area contributed by atoms with Gasteiger partial charge < -0.3 is 10.0 Å². The van der Waals surface area contributed by atoms with Crippen molar-refractivity contribution in [2.75, 3.05) is 26.7 Å². The molecule has 0 spiro atoms. The number of carbonyl (C=O) groups excluding carboxylic acids is 1. The van der Waals surface area contributed by atoms with E-state index in [2.05, 4.69) is 6.58 Å². The summed E-state index contributed by atoms with van der Waals surface area (Å²) in [4.78, 5) is 26.6. The molecule has 1 N–H and O–H groups in total. The zero-order chi connectivity index (χ0) is 15.0. The third-order valence-corrected chi connectivity index (χ3v) is 3.90. The molecule has 1 aliphatic carbocycles. The monoisotopic (exact) mass is 282 g/mol. The lowest BCUT2D eigenvalue weighted by Gasteiger charge is -2.32. The number of nitrogens with zero attached hydrogens (tertiary/aromatic N) is 2. The molecule has 5 heteroatoms. The summed E-state index contributed by atoms with van der Waals surface area (Å²) < 4.78 is 0. The molecule has 20 heavy (non-hydrogen) atoms. The van der Waals surface area contributed by atoms with E-state index in [-0.39, 0.29) is 18.9 Å². The topological polar surface area (TPSA) is 60.9 Å². The molecule has 1 aliphatic rings. The van der Waals surface area contributed by atoms with Crippen molar-refractivity contribution in [2.45, 2.75) is 44.6 Å². The van der Waals surface area contributed by atoms with Gasteiger partial charge in [-0.3, -0.25) is 14.5 Å². The van der Waals surface area contributed by atoms with Gasteiger partial charge in [0.25, 0.3) is 0 Å². The number of aliphatic carboxylic acids is 1. The molecular formula is C15H26N2O3. The number of likely N-dealkylation sites (N-methyl/N-ethyl adjacent to an activating group) is 1. The minimum Gasteiger partial charge on any atom is -0.481 e. The van der Waals surface area contributed by atoms with Gasteiger partial charge in [0.05, 0.1) is 13.0 Å². The van der Waals surface area contributed by atoms with Crippen molar-refractivity contribution < 1.29 is 14.7 Å². The van der Waals surface area contributed by atoms with Gasteiger partial charge in [0, 0.05) is 26.2 Å². The fourth-order valence-electron chi connectivity index (χ4n) is 2.65. The third-order valence-electron chi connectivity index (χ3n) is 3.90. The molecule has 1 amide bonds. The first-order valence-corrected chi connectivity index (χ1v) is 7.35. The molecule has 0 aliphatic heterocycles. The molecule has 1 fully saturated rings. The smallest absolute Gasteiger partial charge is 0.304 e. The van der Waals surface area contributed by atoms with Crippen molar-refractivity contribution >= 4 is 11.9 Å². The summed E-state index contributed by atoms with van der Waals surface area (Å²) in [7, 11) is 1.86. The number of carbonyl (C=O) groups is 2. The van der Waals surface area contributed by atoms with Gasteiger partial charge in [-0.05, 0) is 12.8 Å². The van der Waals surface area contributed by atoms with Crippen LogP contribution in [0.3, 0.4) is 0 Å². The molecular weight excluding hydrogens is 256 g/mol. The minimum absolute atomic E-state index is 0.0499. The van der Waals surface area contributed by atoms with Crippen LogP contribution in [-0.4, -0.2) is 59.5 Å². The standard InChI is InChI=1S/C15H26N2O3/c1-3-10-17(11-9-15(19)20)12-14(18)16(2)13-7-5-4-6-8-13/h3,13H,1,4-12H2,2H3,(H,19,20). The molecule has 0 aromatic carbocycles. The Morgan fingerprint density at radius 3 is 2.50 bits per heavy atom. The quantitative estimate of drug-likeness (QED) is 0.689. The van der Waals surface area contributed by atoms with Crippen molar-refractivity contribution in [2.24, 2.45) is 0 Å². The van der Waals surface area contributed by atoms with E-state index in [1.54, 1.807) is 6.08 Å². The summed E-state index contributed by atoms with van der Waals surface area (Å²) in [5, 5.41) is 8.73. The zero-order valence-corrected chi connectivity index (χ0v) is 12.4. The van der Waals surface area contributed by atoms with Crippen LogP contribution in [0.15, 0.2) is 12.7 Å². The number of hydrogen-bond acceptors (Lipinski definition) is 3. The first-order chi connectivity index (χ1) is 9.54. The summed E-state index contributed by atoms with van der Waals surface area (Å²) in [6, 6.07) is 0.348. The van der Waals surface area contributed by atoms with Crippen molar-refractivity contribution in [3.8, 4) is 0 Å². The number of hydrogen-bond donors (Lipinski definition) is 1. The number of amides is 1. The average Bonchev–Trinajstić information content (AvgIpc) is 2.45. The molecule has 0 aromatic heterocycles. The normalized spacial score (nSPS) is 16.1. The van der Waals surface area contributed by atoms with Crippen LogP contribution in [0.4, 0.5) is 0 Å². The van der Waals surface area contributed by atoms with E-state index in [1.165, 1.54) is 19.3 Å². The number of rotatable bonds is 8. The lowest BCUT2D eigenvalue weighted by Crippen LogP contribution is -2.44. The second kappa shape index (κ2) is 8.74. The summed E-state index contributed by atoms with van der Waals surface area (Å²) in [5.41, 5.74) is 0. The Morgan fingerprint density at radius 2 is 1.95 bits per heavy atom. The molecule has 0 radical (unpaired) electrons. The highest BCUT2D eigenvalue weighted by atomic mass is 16.4. The predicted octanol–water partition coefficient (Wildman–Crippen LogP) is 1.74. The largest absolute Gasteiger partial charge is 0.481 e. The van der Waals surface area contributed by atoms with Gasteiger partial charge in [-0.1, -0.05) is 25.3 Å². The van der Waals surface area contributed by atoms with Gasteiger partial charge in [0.1, 0.15) is 0 Å². The van der Waals surface area contributed by atoms with E-state index in [9.17, 15) is 9.59 Å². The number of carboxylic acid groups (broad SMARTS) is 1. The van der Waals surface area contributed by atoms with Crippen LogP contribution >= 0.6 is 0 Å². The Balaban J connectivity index is 2.46. The highest BCUT2D eigenvalue weighted by molar-refractivity contribution is 5.78. The molecule has 114 valence electrons. The second-order valence-corrected chi connectivity index (χ2v) is 5.46. The van der Waals surface area contributed by atoms with Gasteiger partial charge in [-0.15, -0.1) is 6.58 Å². The van der Waals surface area contributed by atoms with E-state index >= 15 is 0 Å². The van der Waals surface area contributed by atoms with Crippen molar-refractivity contribution in [1.29, 1.82) is 0 Å². The lowest BCUT2D eigenvalue weighted by molar-refractivity contribution is -0.138. The molecule has 0 aromatic rings. The van der Waals surface area contributed by atoms with E-state index < -0.39 is 5.97 Å². The van der Waals surface area contributed by atoms with Crippen LogP contribution in [0.5, 0.6) is 0 Å². The van der Waals surface area contributed by atoms with Crippen LogP contribution in [0.1, 0.15) is 38.5 Å². The summed E-state index contributed by atoms with van der Waals surface area (Å²) >= 11 is 0. The molecule has 0 atom stereocenters. The average molecular weight is 282 g/mol. The summed E-state index contributed by atoms with van der Waals surface area (Å²) in [6.45, 7) is 4.85. The van der Waals surface area contributed by atoms with Gasteiger partial charge in [0.15, 0.2) is 0 Å². The Kier molecular flexibility index (Phi) is 7.30. The maximum Gasteiger partial charge on any atom is 0.304 e. The molecule has 1 rings (SSSR count). The lowest BCUT2D eigenvalue weighted by atomic mass is 9.94. The SMILES string of the molecule is C=CCN(CCC(=O)O)CC(=O)N(C)C1CCCCC1. The Morgan fingerprint density at radius 1 is 1.30 bits per heavy atom. The van der Waals surface area contributed by atoms with Gasteiger partial charge in [-0.2, -0.15) is 0 Å². The molecule has 1 saturated carbocycles. The molecule has 0 unspecified atom stereocenters. The van der Waals surface area contributed by atoms with Crippen LogP contribution in [0.2, 0.25) is 0 Å². The van der Waals surface area contributed by atoms with E-state index in [4.69, 9.17) is 5.11 Å². The molecule has 0 bridgehead atoms. The van der Waals surface area contributed by atoms with E-state index in [0.29, 0.717) is 19.1 Å². The highest BCUT2D eigenvalue weighted by Crippen LogP contribution is 2.21.